The predicted molar refractivity (Wildman–Crippen MR) is 53.7 cm³/mol. The molecule has 1 aliphatic rings. The lowest BCUT2D eigenvalue weighted by atomic mass is 9.95. The molecule has 1 saturated carbocycles. The molecule has 0 aliphatic heterocycles. The Morgan fingerprint density at radius 2 is 1.92 bits per heavy atom. The van der Waals surface area contributed by atoms with Crippen LogP contribution in [0.1, 0.15) is 37.2 Å². The standard InChI is InChI=1S/C11H15NO/c12-9-6-3-7-10(13)11(9)8-4-1-2-5-8/h3,6-8,13H,1-2,4-5,12H2. The molecular formula is C11H15NO. The minimum absolute atomic E-state index is 0.368. The van der Waals surface area contributed by atoms with Crippen molar-refractivity contribution in [1.82, 2.24) is 0 Å². The summed E-state index contributed by atoms with van der Waals surface area (Å²) in [5.74, 6) is 0.855. The van der Waals surface area contributed by atoms with Gasteiger partial charge in [-0.1, -0.05) is 18.9 Å². The lowest BCUT2D eigenvalue weighted by Gasteiger charge is -2.13. The van der Waals surface area contributed by atoms with Crippen LogP contribution in [-0.2, 0) is 0 Å². The van der Waals surface area contributed by atoms with E-state index in [9.17, 15) is 5.11 Å². The van der Waals surface area contributed by atoms with Crippen LogP contribution in [0.25, 0.3) is 0 Å². The molecule has 0 radical (unpaired) electrons. The molecule has 2 heteroatoms. The Labute approximate surface area is 78.4 Å². The van der Waals surface area contributed by atoms with Crippen LogP contribution in [-0.4, -0.2) is 5.11 Å². The Morgan fingerprint density at radius 1 is 1.23 bits per heavy atom. The Morgan fingerprint density at radius 3 is 2.54 bits per heavy atom. The molecule has 1 fully saturated rings. The summed E-state index contributed by atoms with van der Waals surface area (Å²) in [6, 6.07) is 5.39. The molecule has 1 aromatic carbocycles. The van der Waals surface area contributed by atoms with Gasteiger partial charge in [0.05, 0.1) is 0 Å². The van der Waals surface area contributed by atoms with Crippen molar-refractivity contribution in [2.45, 2.75) is 31.6 Å². The molecule has 70 valence electrons. The summed E-state index contributed by atoms with van der Waals surface area (Å²) in [6.45, 7) is 0. The van der Waals surface area contributed by atoms with Gasteiger partial charge < -0.3 is 10.8 Å². The van der Waals surface area contributed by atoms with Gasteiger partial charge in [0.2, 0.25) is 0 Å². The van der Waals surface area contributed by atoms with E-state index in [0.717, 1.165) is 11.3 Å². The Balaban J connectivity index is 2.37. The number of rotatable bonds is 1. The second kappa shape index (κ2) is 3.29. The summed E-state index contributed by atoms with van der Waals surface area (Å²) in [6.07, 6.45) is 4.86. The first-order valence-electron chi connectivity index (χ1n) is 4.86. The van der Waals surface area contributed by atoms with Gasteiger partial charge in [-0.05, 0) is 30.9 Å². The molecule has 1 aromatic rings. The van der Waals surface area contributed by atoms with Crippen molar-refractivity contribution >= 4 is 5.69 Å². The van der Waals surface area contributed by atoms with E-state index >= 15 is 0 Å². The summed E-state index contributed by atoms with van der Waals surface area (Å²) in [5.41, 5.74) is 7.56. The van der Waals surface area contributed by atoms with Crippen molar-refractivity contribution in [3.05, 3.63) is 23.8 Å². The predicted octanol–water partition coefficient (Wildman–Crippen LogP) is 2.63. The second-order valence-electron chi connectivity index (χ2n) is 3.76. The van der Waals surface area contributed by atoms with E-state index < -0.39 is 0 Å². The fourth-order valence-corrected chi connectivity index (χ4v) is 2.23. The molecular weight excluding hydrogens is 162 g/mol. The SMILES string of the molecule is Nc1cccc(O)c1C1CCCC1. The average Bonchev–Trinajstić information content (AvgIpc) is 2.57. The van der Waals surface area contributed by atoms with E-state index in [4.69, 9.17) is 5.73 Å². The van der Waals surface area contributed by atoms with Crippen molar-refractivity contribution in [3.63, 3.8) is 0 Å². The van der Waals surface area contributed by atoms with Crippen LogP contribution in [0.4, 0.5) is 5.69 Å². The summed E-state index contributed by atoms with van der Waals surface area (Å²) in [4.78, 5) is 0. The van der Waals surface area contributed by atoms with Gasteiger partial charge in [0.15, 0.2) is 0 Å². The Hall–Kier alpha value is -1.18. The van der Waals surface area contributed by atoms with Gasteiger partial charge in [-0.15, -0.1) is 0 Å². The number of hydrogen-bond donors (Lipinski definition) is 2. The smallest absolute Gasteiger partial charge is 0.121 e. The third-order valence-electron chi connectivity index (χ3n) is 2.88. The zero-order valence-corrected chi connectivity index (χ0v) is 7.66. The molecule has 2 nitrogen and oxygen atoms in total. The molecule has 0 bridgehead atoms. The minimum Gasteiger partial charge on any atom is -0.508 e. The molecule has 0 heterocycles. The van der Waals surface area contributed by atoms with Crippen molar-refractivity contribution in [3.8, 4) is 5.75 Å². The van der Waals surface area contributed by atoms with Gasteiger partial charge in [-0.25, -0.2) is 0 Å². The first-order chi connectivity index (χ1) is 6.29. The number of anilines is 1. The van der Waals surface area contributed by atoms with Gasteiger partial charge in [-0.2, -0.15) is 0 Å². The van der Waals surface area contributed by atoms with E-state index in [1.165, 1.54) is 25.7 Å². The first-order valence-corrected chi connectivity index (χ1v) is 4.86. The molecule has 0 amide bonds. The van der Waals surface area contributed by atoms with Gasteiger partial charge in [0.25, 0.3) is 0 Å². The quantitative estimate of drug-likeness (QED) is 0.648. The maximum Gasteiger partial charge on any atom is 0.121 e. The normalized spacial score (nSPS) is 17.8. The summed E-state index contributed by atoms with van der Waals surface area (Å²) in [5, 5.41) is 9.67. The van der Waals surface area contributed by atoms with Gasteiger partial charge in [-0.3, -0.25) is 0 Å². The number of phenolic OH excluding ortho intramolecular Hbond substituents is 1. The topological polar surface area (TPSA) is 46.2 Å². The Kier molecular flexibility index (Phi) is 2.13. The highest BCUT2D eigenvalue weighted by atomic mass is 16.3. The van der Waals surface area contributed by atoms with Crippen LogP contribution in [0.15, 0.2) is 18.2 Å². The number of aromatic hydroxyl groups is 1. The maximum atomic E-state index is 9.67. The van der Waals surface area contributed by atoms with Crippen molar-refractivity contribution in [1.29, 1.82) is 0 Å². The lowest BCUT2D eigenvalue weighted by molar-refractivity contribution is 0.462. The Bertz CT molecular complexity index is 283. The van der Waals surface area contributed by atoms with Crippen molar-refractivity contribution < 1.29 is 5.11 Å². The second-order valence-corrected chi connectivity index (χ2v) is 3.76. The van der Waals surface area contributed by atoms with E-state index in [1.54, 1.807) is 12.1 Å². The van der Waals surface area contributed by atoms with Gasteiger partial charge in [0.1, 0.15) is 5.75 Å². The van der Waals surface area contributed by atoms with Gasteiger partial charge in [0, 0.05) is 11.3 Å². The van der Waals surface area contributed by atoms with E-state index in [-0.39, 0.29) is 0 Å². The maximum absolute atomic E-state index is 9.67. The van der Waals surface area contributed by atoms with E-state index in [2.05, 4.69) is 0 Å². The number of nitrogen functional groups attached to an aromatic ring is 1. The molecule has 3 N–H and O–H groups in total. The van der Waals surface area contributed by atoms with Gasteiger partial charge >= 0.3 is 0 Å². The molecule has 0 spiro atoms. The molecule has 1 aliphatic carbocycles. The van der Waals surface area contributed by atoms with E-state index in [0.29, 0.717) is 11.7 Å². The summed E-state index contributed by atoms with van der Waals surface area (Å²) in [7, 11) is 0. The van der Waals surface area contributed by atoms with Crippen LogP contribution in [0.2, 0.25) is 0 Å². The van der Waals surface area contributed by atoms with Crippen LogP contribution < -0.4 is 5.73 Å². The lowest BCUT2D eigenvalue weighted by Crippen LogP contribution is -1.99. The fraction of sp³-hybridized carbons (Fsp3) is 0.455. The third-order valence-corrected chi connectivity index (χ3v) is 2.88. The number of nitrogens with two attached hydrogens (primary N) is 1. The molecule has 0 aromatic heterocycles. The molecule has 2 rings (SSSR count). The van der Waals surface area contributed by atoms with Crippen LogP contribution in [0.3, 0.4) is 0 Å². The summed E-state index contributed by atoms with van der Waals surface area (Å²) >= 11 is 0. The number of benzene rings is 1. The van der Waals surface area contributed by atoms with E-state index in [1.807, 2.05) is 6.07 Å². The van der Waals surface area contributed by atoms with Crippen LogP contribution >= 0.6 is 0 Å². The summed E-state index contributed by atoms with van der Waals surface area (Å²) < 4.78 is 0. The molecule has 0 unspecified atom stereocenters. The molecule has 0 atom stereocenters. The highest BCUT2D eigenvalue weighted by molar-refractivity contribution is 5.55. The first kappa shape index (κ1) is 8.42. The molecule has 13 heavy (non-hydrogen) atoms. The zero-order valence-electron chi connectivity index (χ0n) is 7.66. The van der Waals surface area contributed by atoms with Crippen LogP contribution in [0.5, 0.6) is 5.75 Å². The fourth-order valence-electron chi connectivity index (χ4n) is 2.23. The zero-order chi connectivity index (χ0) is 9.26. The minimum atomic E-state index is 0.368. The largest absolute Gasteiger partial charge is 0.508 e. The highest BCUT2D eigenvalue weighted by Gasteiger charge is 2.21. The van der Waals surface area contributed by atoms with Crippen LogP contribution in [0, 0.1) is 0 Å². The van der Waals surface area contributed by atoms with Crippen molar-refractivity contribution in [2.75, 3.05) is 5.73 Å². The average molecular weight is 177 g/mol. The monoisotopic (exact) mass is 177 g/mol. The van der Waals surface area contributed by atoms with Crippen molar-refractivity contribution in [2.24, 2.45) is 0 Å². The highest BCUT2D eigenvalue weighted by Crippen LogP contribution is 2.41. The molecule has 0 saturated heterocycles. The third kappa shape index (κ3) is 1.48. The number of phenols is 1. The number of hydrogen-bond acceptors (Lipinski definition) is 2.